The number of pyridine rings is 1. The van der Waals surface area contributed by atoms with Crippen molar-refractivity contribution in [3.63, 3.8) is 0 Å². The molecule has 2 aromatic heterocycles. The van der Waals surface area contributed by atoms with Crippen molar-refractivity contribution in [1.82, 2.24) is 14.8 Å². The largest absolute Gasteiger partial charge is 0.237 e. The number of aromatic nitrogens is 3. The summed E-state index contributed by atoms with van der Waals surface area (Å²) in [7, 11) is 0. The van der Waals surface area contributed by atoms with E-state index in [1.165, 1.54) is 12.1 Å². The van der Waals surface area contributed by atoms with E-state index in [0.717, 1.165) is 11.3 Å². The lowest BCUT2D eigenvalue weighted by Gasteiger charge is -2.06. The topological polar surface area (TPSA) is 54.5 Å². The van der Waals surface area contributed by atoms with Gasteiger partial charge in [0, 0.05) is 17.8 Å². The lowest BCUT2D eigenvalue weighted by Crippen LogP contribution is -2.01. The maximum Gasteiger partial charge on any atom is 0.155 e. The summed E-state index contributed by atoms with van der Waals surface area (Å²) < 4.78 is 14.6. The number of benzene rings is 1. The van der Waals surface area contributed by atoms with Crippen LogP contribution < -0.4 is 0 Å². The SMILES string of the molecule is N#Cc1ccnc(-n2nccc2-c2ccc(F)cc2)c1. The van der Waals surface area contributed by atoms with Crippen molar-refractivity contribution >= 4 is 0 Å². The first-order chi connectivity index (χ1) is 9.78. The van der Waals surface area contributed by atoms with Gasteiger partial charge in [-0.3, -0.25) is 0 Å². The molecule has 0 amide bonds. The molecule has 0 atom stereocenters. The van der Waals surface area contributed by atoms with Gasteiger partial charge in [-0.2, -0.15) is 10.4 Å². The van der Waals surface area contributed by atoms with Gasteiger partial charge in [-0.05, 0) is 36.4 Å². The molecule has 3 rings (SSSR count). The van der Waals surface area contributed by atoms with E-state index < -0.39 is 0 Å². The molecule has 5 heteroatoms. The lowest BCUT2D eigenvalue weighted by molar-refractivity contribution is 0.628. The van der Waals surface area contributed by atoms with Crippen LogP contribution in [0.1, 0.15) is 5.56 Å². The number of nitrogens with zero attached hydrogens (tertiary/aromatic N) is 4. The van der Waals surface area contributed by atoms with Crippen LogP contribution in [-0.4, -0.2) is 14.8 Å². The van der Waals surface area contributed by atoms with E-state index in [9.17, 15) is 4.39 Å². The summed E-state index contributed by atoms with van der Waals surface area (Å²) in [6, 6.07) is 13.3. The van der Waals surface area contributed by atoms with Crippen LogP contribution in [0.2, 0.25) is 0 Å². The summed E-state index contributed by atoms with van der Waals surface area (Å²) in [6.07, 6.45) is 3.20. The first-order valence-corrected chi connectivity index (χ1v) is 5.94. The van der Waals surface area contributed by atoms with Crippen molar-refractivity contribution in [2.75, 3.05) is 0 Å². The summed E-state index contributed by atoms with van der Waals surface area (Å²) in [5.74, 6) is 0.262. The zero-order valence-corrected chi connectivity index (χ0v) is 10.4. The Labute approximate surface area is 114 Å². The van der Waals surface area contributed by atoms with Crippen molar-refractivity contribution < 1.29 is 4.39 Å². The van der Waals surface area contributed by atoms with Crippen LogP contribution in [-0.2, 0) is 0 Å². The molecule has 0 unspecified atom stereocenters. The normalized spacial score (nSPS) is 10.2. The van der Waals surface area contributed by atoms with Crippen LogP contribution in [0.4, 0.5) is 4.39 Å². The standard InChI is InChI=1S/C15H9FN4/c16-13-3-1-12(2-4-13)14-6-8-19-20(14)15-9-11(10-17)5-7-18-15/h1-9H. The first kappa shape index (κ1) is 12.1. The van der Waals surface area contributed by atoms with E-state index in [1.54, 1.807) is 41.3 Å². The fraction of sp³-hybridized carbons (Fsp3) is 0. The number of hydrogen-bond acceptors (Lipinski definition) is 3. The van der Waals surface area contributed by atoms with Gasteiger partial charge >= 0.3 is 0 Å². The van der Waals surface area contributed by atoms with E-state index in [1.807, 2.05) is 6.07 Å². The molecule has 4 nitrogen and oxygen atoms in total. The third-order valence-electron chi connectivity index (χ3n) is 2.87. The Hall–Kier alpha value is -3.00. The first-order valence-electron chi connectivity index (χ1n) is 5.94. The molecule has 0 N–H and O–H groups in total. The Bertz CT molecular complexity index is 784. The zero-order valence-electron chi connectivity index (χ0n) is 10.4. The smallest absolute Gasteiger partial charge is 0.155 e. The Morgan fingerprint density at radius 1 is 1.05 bits per heavy atom. The van der Waals surface area contributed by atoms with Gasteiger partial charge < -0.3 is 0 Å². The average Bonchev–Trinajstić information content (AvgIpc) is 2.97. The van der Waals surface area contributed by atoms with Crippen LogP contribution in [0.15, 0.2) is 54.9 Å². The summed E-state index contributed by atoms with van der Waals surface area (Å²) in [5.41, 5.74) is 2.12. The fourth-order valence-corrected chi connectivity index (χ4v) is 1.93. The molecule has 0 bridgehead atoms. The predicted molar refractivity (Wildman–Crippen MR) is 71.5 cm³/mol. The van der Waals surface area contributed by atoms with E-state index in [2.05, 4.69) is 16.2 Å². The van der Waals surface area contributed by atoms with Crippen molar-refractivity contribution in [3.8, 4) is 23.1 Å². The van der Waals surface area contributed by atoms with Crippen LogP contribution >= 0.6 is 0 Å². The van der Waals surface area contributed by atoms with Crippen molar-refractivity contribution in [2.24, 2.45) is 0 Å². The minimum absolute atomic E-state index is 0.288. The maximum absolute atomic E-state index is 13.0. The molecule has 0 spiro atoms. The monoisotopic (exact) mass is 264 g/mol. The van der Waals surface area contributed by atoms with Crippen LogP contribution in [0.25, 0.3) is 17.1 Å². The highest BCUT2D eigenvalue weighted by molar-refractivity contribution is 5.61. The Morgan fingerprint density at radius 2 is 1.85 bits per heavy atom. The van der Waals surface area contributed by atoms with Crippen LogP contribution in [0.3, 0.4) is 0 Å². The molecule has 1 aromatic carbocycles. The minimum Gasteiger partial charge on any atom is -0.237 e. The second-order valence-electron chi connectivity index (χ2n) is 4.15. The summed E-state index contributed by atoms with van der Waals surface area (Å²) in [5, 5.41) is 13.1. The number of nitriles is 1. The van der Waals surface area contributed by atoms with Gasteiger partial charge in [-0.15, -0.1) is 0 Å². The van der Waals surface area contributed by atoms with Gasteiger partial charge in [0.15, 0.2) is 5.82 Å². The highest BCUT2D eigenvalue weighted by atomic mass is 19.1. The molecule has 0 aliphatic carbocycles. The second-order valence-corrected chi connectivity index (χ2v) is 4.15. The Kier molecular flexibility index (Phi) is 2.98. The van der Waals surface area contributed by atoms with Gasteiger partial charge in [-0.1, -0.05) is 0 Å². The van der Waals surface area contributed by atoms with Crippen molar-refractivity contribution in [2.45, 2.75) is 0 Å². The van der Waals surface area contributed by atoms with Crippen LogP contribution in [0, 0.1) is 17.1 Å². The molecule has 0 radical (unpaired) electrons. The third-order valence-corrected chi connectivity index (χ3v) is 2.87. The van der Waals surface area contributed by atoms with Gasteiger partial charge in [-0.25, -0.2) is 14.1 Å². The molecule has 2 heterocycles. The third kappa shape index (κ3) is 2.15. The van der Waals surface area contributed by atoms with Crippen LogP contribution in [0.5, 0.6) is 0 Å². The predicted octanol–water partition coefficient (Wildman–Crippen LogP) is 2.95. The number of rotatable bonds is 2. The molecular formula is C15H9FN4. The Balaban J connectivity index is 2.10. The highest BCUT2D eigenvalue weighted by Gasteiger charge is 2.09. The quantitative estimate of drug-likeness (QED) is 0.715. The van der Waals surface area contributed by atoms with E-state index in [0.29, 0.717) is 11.4 Å². The van der Waals surface area contributed by atoms with E-state index in [-0.39, 0.29) is 5.82 Å². The molecule has 96 valence electrons. The minimum atomic E-state index is -0.288. The summed E-state index contributed by atoms with van der Waals surface area (Å²) in [6.45, 7) is 0. The fourth-order valence-electron chi connectivity index (χ4n) is 1.93. The molecule has 3 aromatic rings. The molecular weight excluding hydrogens is 255 g/mol. The number of hydrogen-bond donors (Lipinski definition) is 0. The second kappa shape index (κ2) is 4.94. The maximum atomic E-state index is 13.0. The van der Waals surface area contributed by atoms with Crippen molar-refractivity contribution in [1.29, 1.82) is 5.26 Å². The molecule has 0 saturated carbocycles. The molecule has 0 saturated heterocycles. The lowest BCUT2D eigenvalue weighted by atomic mass is 10.1. The summed E-state index contributed by atoms with van der Waals surface area (Å²) >= 11 is 0. The molecule has 0 aliphatic heterocycles. The Morgan fingerprint density at radius 3 is 2.60 bits per heavy atom. The van der Waals surface area contributed by atoms with Gasteiger partial charge in [0.25, 0.3) is 0 Å². The van der Waals surface area contributed by atoms with E-state index >= 15 is 0 Å². The highest BCUT2D eigenvalue weighted by Crippen LogP contribution is 2.22. The molecule has 20 heavy (non-hydrogen) atoms. The van der Waals surface area contributed by atoms with Gasteiger partial charge in [0.1, 0.15) is 5.82 Å². The van der Waals surface area contributed by atoms with E-state index in [4.69, 9.17) is 5.26 Å². The van der Waals surface area contributed by atoms with Gasteiger partial charge in [0.05, 0.1) is 23.5 Å². The summed E-state index contributed by atoms with van der Waals surface area (Å²) in [4.78, 5) is 4.21. The molecule has 0 aliphatic rings. The molecule has 0 fully saturated rings. The average molecular weight is 264 g/mol. The number of halogens is 1. The zero-order chi connectivity index (χ0) is 13.9. The van der Waals surface area contributed by atoms with Gasteiger partial charge in [0.2, 0.25) is 0 Å². The van der Waals surface area contributed by atoms with Crippen molar-refractivity contribution in [3.05, 3.63) is 66.2 Å².